The Balaban J connectivity index is 1.60. The van der Waals surface area contributed by atoms with E-state index in [1.165, 1.54) is 0 Å². The van der Waals surface area contributed by atoms with Crippen LogP contribution in [0.15, 0.2) is 6.20 Å². The number of anilines is 1. The van der Waals surface area contributed by atoms with E-state index in [9.17, 15) is 13.9 Å². The predicted molar refractivity (Wildman–Crippen MR) is 173 cm³/mol. The second-order valence-electron chi connectivity index (χ2n) is 13.9. The molecular formula is C33H52F3N5O2Sn. The summed E-state index contributed by atoms with van der Waals surface area (Å²) in [5, 5.41) is 11.3. The molecule has 7 nitrogen and oxygen atoms in total. The Morgan fingerprint density at radius 1 is 1.02 bits per heavy atom. The van der Waals surface area contributed by atoms with E-state index in [0.717, 1.165) is 71.2 Å². The maximum atomic E-state index is 17.1. The SMILES string of the molecule is CCC[CH2][Sn]([CH2]CCC)([CH2]CCC)[c]1ncc2c(N3CCC[C@](O)(CF)C3)nc(OC[C@@]34CCCN3C[C@H](F)C4)nc2c1F. The molecule has 3 aliphatic rings. The molecule has 0 amide bonds. The molecule has 0 bridgehead atoms. The van der Waals surface area contributed by atoms with Crippen molar-refractivity contribution in [2.24, 2.45) is 0 Å². The van der Waals surface area contributed by atoms with Crippen LogP contribution in [0, 0.1) is 5.82 Å². The van der Waals surface area contributed by atoms with E-state index in [0.29, 0.717) is 47.3 Å². The second-order valence-corrected chi connectivity index (χ2v) is 26.8. The van der Waals surface area contributed by atoms with E-state index in [2.05, 4.69) is 25.7 Å². The topological polar surface area (TPSA) is 74.6 Å². The number of nitrogens with zero attached hydrogens (tertiary/aromatic N) is 5. The van der Waals surface area contributed by atoms with Gasteiger partial charge in [-0.15, -0.1) is 0 Å². The van der Waals surface area contributed by atoms with Crippen molar-refractivity contribution in [3.8, 4) is 6.01 Å². The summed E-state index contributed by atoms with van der Waals surface area (Å²) in [5.74, 6) is 0.0692. The van der Waals surface area contributed by atoms with E-state index in [4.69, 9.17) is 19.7 Å². The van der Waals surface area contributed by atoms with Gasteiger partial charge in [0.2, 0.25) is 0 Å². The molecule has 2 aromatic heterocycles. The monoisotopic (exact) mass is 727 g/mol. The van der Waals surface area contributed by atoms with Crippen molar-refractivity contribution in [1.29, 1.82) is 0 Å². The van der Waals surface area contributed by atoms with Gasteiger partial charge in [-0.2, -0.15) is 0 Å². The summed E-state index contributed by atoms with van der Waals surface area (Å²) in [4.78, 5) is 18.4. The third-order valence-corrected chi connectivity index (χ3v) is 25.6. The number of aliphatic hydroxyl groups is 1. The van der Waals surface area contributed by atoms with Gasteiger partial charge in [0.15, 0.2) is 0 Å². The summed E-state index contributed by atoms with van der Waals surface area (Å²) >= 11 is -3.28. The minimum absolute atomic E-state index is 0.0480. The van der Waals surface area contributed by atoms with Crippen LogP contribution in [-0.4, -0.2) is 100 Å². The van der Waals surface area contributed by atoms with Crippen molar-refractivity contribution in [3.63, 3.8) is 0 Å². The van der Waals surface area contributed by atoms with E-state index >= 15 is 4.39 Å². The van der Waals surface area contributed by atoms with Gasteiger partial charge in [0.05, 0.1) is 0 Å². The zero-order valence-electron chi connectivity index (χ0n) is 27.0. The normalized spacial score (nSPS) is 26.1. The van der Waals surface area contributed by atoms with E-state index < -0.39 is 42.4 Å². The molecule has 3 atom stereocenters. The van der Waals surface area contributed by atoms with Gasteiger partial charge in [0.25, 0.3) is 0 Å². The number of hydrogen-bond acceptors (Lipinski definition) is 7. The average molecular weight is 727 g/mol. The van der Waals surface area contributed by atoms with Crippen molar-refractivity contribution >= 4 is 38.8 Å². The fraction of sp³-hybridized carbons (Fsp3) is 0.788. The van der Waals surface area contributed by atoms with Crippen molar-refractivity contribution in [3.05, 3.63) is 12.0 Å². The number of unbranched alkanes of at least 4 members (excludes halogenated alkanes) is 3. The number of β-amino-alcohol motifs (C(OH)–C–C–N with tert-alkyl or cyclic N) is 1. The summed E-state index contributed by atoms with van der Waals surface area (Å²) in [6.45, 7) is 7.81. The first kappa shape index (κ1) is 33.9. The molecule has 0 aromatic carbocycles. The maximum absolute atomic E-state index is 17.1. The van der Waals surface area contributed by atoms with Crippen LogP contribution >= 0.6 is 0 Å². The Kier molecular flexibility index (Phi) is 11.2. The van der Waals surface area contributed by atoms with Gasteiger partial charge < -0.3 is 0 Å². The first-order valence-corrected chi connectivity index (χ1v) is 24.6. The summed E-state index contributed by atoms with van der Waals surface area (Å²) in [7, 11) is 0. The Labute approximate surface area is 265 Å². The Morgan fingerprint density at radius 2 is 1.70 bits per heavy atom. The third-order valence-electron chi connectivity index (χ3n) is 10.5. The average Bonchev–Trinajstić information content (AvgIpc) is 3.55. The molecule has 2 aromatic rings. The van der Waals surface area contributed by atoms with Crippen LogP contribution in [0.1, 0.15) is 91.4 Å². The fourth-order valence-electron chi connectivity index (χ4n) is 8.02. The number of halogens is 3. The van der Waals surface area contributed by atoms with Crippen LogP contribution in [0.4, 0.5) is 19.0 Å². The molecule has 5 heterocycles. The predicted octanol–water partition coefficient (Wildman–Crippen LogP) is 6.48. The number of alkyl halides is 2. The number of pyridine rings is 1. The van der Waals surface area contributed by atoms with Gasteiger partial charge in [-0.3, -0.25) is 0 Å². The molecule has 1 N–H and O–H groups in total. The molecule has 3 aliphatic heterocycles. The first-order chi connectivity index (χ1) is 21.2. The summed E-state index contributed by atoms with van der Waals surface area (Å²) in [6.07, 6.45) is 10.5. The standard InChI is InChI=1S/C21H25F3N5O2.3C4H9.Sn/c22-11-21(30)4-2-5-28(12-21)18-15-8-25-9-16(24)17(15)26-19(27-18)31-13-20-3-1-6-29(20)10-14(23)7-20;3*1-3-4-2;/h8,14,30H,1-7,10-13H2;3*1,3-4H2,2H3;/t14-,20+,21+;;;;/m1..../s1. The quantitative estimate of drug-likeness (QED) is 0.211. The number of fused-ring (bicyclic) bond motifs is 2. The van der Waals surface area contributed by atoms with Crippen LogP contribution in [-0.2, 0) is 0 Å². The second kappa shape index (κ2) is 14.6. The molecule has 3 fully saturated rings. The van der Waals surface area contributed by atoms with Crippen LogP contribution in [0.5, 0.6) is 6.01 Å². The van der Waals surface area contributed by atoms with Crippen molar-refractivity contribution in [2.75, 3.05) is 44.4 Å². The summed E-state index contributed by atoms with van der Waals surface area (Å²) in [6, 6.07) is 0.0536. The molecule has 0 radical (unpaired) electrons. The molecule has 0 unspecified atom stereocenters. The van der Waals surface area contributed by atoms with Gasteiger partial charge in [0.1, 0.15) is 0 Å². The van der Waals surface area contributed by atoms with Crippen molar-refractivity contribution < 1.29 is 23.0 Å². The van der Waals surface area contributed by atoms with Crippen LogP contribution in [0.2, 0.25) is 13.3 Å². The third kappa shape index (κ3) is 6.97. The molecule has 0 spiro atoms. The summed E-state index contributed by atoms with van der Waals surface area (Å²) < 4.78 is 55.6. The van der Waals surface area contributed by atoms with E-state index in [-0.39, 0.29) is 30.5 Å². The molecule has 5 rings (SSSR count). The van der Waals surface area contributed by atoms with Gasteiger partial charge in [-0.05, 0) is 0 Å². The molecule has 246 valence electrons. The van der Waals surface area contributed by atoms with Crippen molar-refractivity contribution in [2.45, 2.75) is 122 Å². The number of ether oxygens (including phenoxy) is 1. The van der Waals surface area contributed by atoms with E-state index in [1.54, 1.807) is 6.20 Å². The fourth-order valence-corrected chi connectivity index (χ4v) is 23.6. The molecule has 44 heavy (non-hydrogen) atoms. The van der Waals surface area contributed by atoms with Crippen LogP contribution in [0.25, 0.3) is 10.9 Å². The van der Waals surface area contributed by atoms with Crippen LogP contribution in [0.3, 0.4) is 0 Å². The first-order valence-electron chi connectivity index (χ1n) is 17.1. The van der Waals surface area contributed by atoms with Crippen molar-refractivity contribution in [1.82, 2.24) is 19.9 Å². The van der Waals surface area contributed by atoms with Gasteiger partial charge in [-0.1, -0.05) is 0 Å². The molecule has 0 saturated carbocycles. The Hall–Kier alpha value is -1.40. The van der Waals surface area contributed by atoms with Gasteiger partial charge >= 0.3 is 266 Å². The molecule has 0 aliphatic carbocycles. The van der Waals surface area contributed by atoms with E-state index in [1.807, 2.05) is 4.90 Å². The van der Waals surface area contributed by atoms with Crippen LogP contribution < -0.4 is 13.3 Å². The minimum atomic E-state index is -3.28. The van der Waals surface area contributed by atoms with Gasteiger partial charge in [0, 0.05) is 0 Å². The molecular weight excluding hydrogens is 674 g/mol. The zero-order chi connectivity index (χ0) is 31.4. The van der Waals surface area contributed by atoms with Gasteiger partial charge in [-0.25, -0.2) is 0 Å². The Morgan fingerprint density at radius 3 is 2.36 bits per heavy atom. The number of hydrogen-bond donors (Lipinski definition) is 1. The number of aromatic nitrogens is 3. The zero-order valence-corrected chi connectivity index (χ0v) is 29.9. The Bertz CT molecular complexity index is 1250. The number of piperidine rings is 1. The summed E-state index contributed by atoms with van der Waals surface area (Å²) in [5.41, 5.74) is -1.69. The number of rotatable bonds is 15. The molecule has 11 heteroatoms. The molecule has 3 saturated heterocycles.